The molecule has 1 aromatic heterocycles. The van der Waals surface area contributed by atoms with Gasteiger partial charge in [-0.1, -0.05) is 104 Å². The van der Waals surface area contributed by atoms with Crippen molar-refractivity contribution in [1.29, 1.82) is 0 Å². The molecule has 10 heteroatoms. The van der Waals surface area contributed by atoms with E-state index in [4.69, 9.17) is 23.7 Å². The molecule has 55 heavy (non-hydrogen) atoms. The van der Waals surface area contributed by atoms with Crippen LogP contribution in [0.15, 0.2) is 120 Å². The summed E-state index contributed by atoms with van der Waals surface area (Å²) in [5.74, 6) is 0.442. The van der Waals surface area contributed by atoms with Crippen molar-refractivity contribution in [2.45, 2.75) is 79.6 Å². The first-order valence-electron chi connectivity index (χ1n) is 18.2. The molecule has 0 radical (unpaired) electrons. The van der Waals surface area contributed by atoms with Gasteiger partial charge in [0, 0.05) is 18.8 Å². The minimum Gasteiger partial charge on any atom is -0.481 e. The van der Waals surface area contributed by atoms with Crippen molar-refractivity contribution in [2.24, 2.45) is 5.92 Å². The molecule has 296 valence electrons. The molecule has 0 aliphatic rings. The molecule has 0 aliphatic heterocycles. The van der Waals surface area contributed by atoms with Crippen molar-refractivity contribution >= 4 is 29.6 Å². The fraction of sp³-hybridized carbons (Fsp3) is 0.356. The van der Waals surface area contributed by atoms with Crippen molar-refractivity contribution in [3.05, 3.63) is 143 Å². The van der Waals surface area contributed by atoms with Gasteiger partial charge >= 0.3 is 5.97 Å². The van der Waals surface area contributed by atoms with Gasteiger partial charge in [-0.3, -0.25) is 9.59 Å². The Balaban J connectivity index is 0.000000383. The number of rotatable bonds is 20. The predicted octanol–water partition coefficient (Wildman–Crippen LogP) is 8.69. The first kappa shape index (κ1) is 47.7. The highest BCUT2D eigenvalue weighted by Crippen LogP contribution is 2.23. The van der Waals surface area contributed by atoms with E-state index in [1.165, 1.54) is 19.9 Å². The Kier molecular flexibility index (Phi) is 26.1. The van der Waals surface area contributed by atoms with Gasteiger partial charge in [0.05, 0.1) is 39.0 Å². The number of carbonyl (C=O) groups is 5. The molecule has 0 amide bonds. The normalized spacial score (nSPS) is 11.4. The zero-order valence-corrected chi connectivity index (χ0v) is 32.7. The largest absolute Gasteiger partial charge is 0.481 e. The highest BCUT2D eigenvalue weighted by molar-refractivity contribution is 5.87. The van der Waals surface area contributed by atoms with Gasteiger partial charge in [-0.2, -0.15) is 0 Å². The van der Waals surface area contributed by atoms with E-state index in [1.54, 1.807) is 19.9 Å². The summed E-state index contributed by atoms with van der Waals surface area (Å²) in [5, 5.41) is 8.47. The van der Waals surface area contributed by atoms with Crippen LogP contribution in [0.25, 0.3) is 0 Å². The lowest BCUT2D eigenvalue weighted by Gasteiger charge is -2.13. The van der Waals surface area contributed by atoms with Gasteiger partial charge in [-0.25, -0.2) is 0 Å². The van der Waals surface area contributed by atoms with Gasteiger partial charge in [0.2, 0.25) is 0 Å². The molecule has 0 bridgehead atoms. The summed E-state index contributed by atoms with van der Waals surface area (Å²) in [4.78, 5) is 52.5. The number of aliphatic carboxylic acids is 1. The van der Waals surface area contributed by atoms with Gasteiger partial charge in [0.25, 0.3) is 0 Å². The van der Waals surface area contributed by atoms with Crippen LogP contribution in [-0.4, -0.2) is 54.5 Å². The maximum absolute atomic E-state index is 11.4. The topological polar surface area (TPSA) is 146 Å². The van der Waals surface area contributed by atoms with Crippen LogP contribution < -0.4 is 0 Å². The number of benzene rings is 3. The van der Waals surface area contributed by atoms with Crippen molar-refractivity contribution in [3.8, 4) is 0 Å². The number of ether oxygens (including phenoxy) is 3. The van der Waals surface area contributed by atoms with Gasteiger partial charge in [-0.15, -0.1) is 0 Å². The van der Waals surface area contributed by atoms with E-state index in [9.17, 15) is 24.0 Å². The molecular formula is C45H56O10. The van der Waals surface area contributed by atoms with Crippen LogP contribution in [0.1, 0.15) is 81.1 Å². The van der Waals surface area contributed by atoms with Gasteiger partial charge in [0.15, 0.2) is 5.78 Å². The fourth-order valence-electron chi connectivity index (χ4n) is 4.74. The van der Waals surface area contributed by atoms with E-state index in [-0.39, 0.29) is 36.3 Å². The molecule has 0 saturated heterocycles. The number of carbonyl (C=O) groups excluding carboxylic acids is 4. The molecule has 0 aliphatic carbocycles. The quantitative estimate of drug-likeness (QED) is 0.0528. The second-order valence-corrected chi connectivity index (χ2v) is 12.6. The average Bonchev–Trinajstić information content (AvgIpc) is 3.61. The second-order valence-electron chi connectivity index (χ2n) is 12.6. The van der Waals surface area contributed by atoms with Crippen molar-refractivity contribution < 1.29 is 47.7 Å². The molecule has 2 unspecified atom stereocenters. The number of carboxylic acids is 1. The summed E-state index contributed by atoms with van der Waals surface area (Å²) in [7, 11) is 0. The molecule has 0 saturated carbocycles. The standard InChI is InChI=1S/C17H20O3.C12H14O2.C9H10O2.C7H12O3/c1-13(18)10-16(17-9-8-14(2)20-17)12-19-11-15-6-4-3-5-7-15;1-11(13)6-5-9-14-10-12-7-3-2-4-8-12;10-6-7-11-8-9-4-2-1-3-5-9;1-3-6(7(9)10)4-5(2)8/h3-9,16H,10-12H2,1-2H3;2-8H,9-10H2,1H3;1-6H,7-8H2;6H,3-4H2,1-2H3,(H,9,10)/b;6-5+;;. The number of carboxylic acid groups (broad SMARTS) is 1. The van der Waals surface area contributed by atoms with E-state index in [0.717, 1.165) is 34.5 Å². The van der Waals surface area contributed by atoms with Crippen molar-refractivity contribution in [2.75, 3.05) is 19.8 Å². The summed E-state index contributed by atoms with van der Waals surface area (Å²) < 4.78 is 21.7. The molecule has 2 atom stereocenters. The second kappa shape index (κ2) is 30.1. The lowest BCUT2D eigenvalue weighted by atomic mass is 10.0. The number of Topliss-reactive ketones (excluding diaryl/α,β-unsaturated/α-hetero) is 2. The van der Waals surface area contributed by atoms with E-state index < -0.39 is 11.9 Å². The van der Waals surface area contributed by atoms with Crippen LogP contribution in [0, 0.1) is 12.8 Å². The third-order valence-corrected chi connectivity index (χ3v) is 7.48. The monoisotopic (exact) mass is 756 g/mol. The Hall–Kier alpha value is -5.29. The molecule has 4 rings (SSSR count). The Morgan fingerprint density at radius 1 is 0.673 bits per heavy atom. The van der Waals surface area contributed by atoms with Crippen molar-refractivity contribution in [1.82, 2.24) is 0 Å². The molecule has 1 heterocycles. The highest BCUT2D eigenvalue weighted by Gasteiger charge is 2.18. The number of allylic oxidation sites excluding steroid dienone is 1. The smallest absolute Gasteiger partial charge is 0.306 e. The lowest BCUT2D eigenvalue weighted by molar-refractivity contribution is -0.143. The molecule has 4 aromatic rings. The first-order valence-corrected chi connectivity index (χ1v) is 18.2. The van der Waals surface area contributed by atoms with E-state index in [0.29, 0.717) is 45.9 Å². The zero-order chi connectivity index (χ0) is 40.7. The number of aldehydes is 1. The Morgan fingerprint density at radius 2 is 1.15 bits per heavy atom. The summed E-state index contributed by atoms with van der Waals surface area (Å²) in [6, 6.07) is 33.5. The molecular weight excluding hydrogens is 700 g/mol. The SMILES string of the molecule is CC(=O)/C=C/COCc1ccccc1.CC(=O)CC(COCc1ccccc1)c1ccc(C)o1.CCC(CC(C)=O)C(=O)O.O=CCOCc1ccccc1. The van der Waals surface area contributed by atoms with E-state index in [2.05, 4.69) is 0 Å². The fourth-order valence-corrected chi connectivity index (χ4v) is 4.74. The third-order valence-electron chi connectivity index (χ3n) is 7.48. The van der Waals surface area contributed by atoms with E-state index in [1.807, 2.05) is 110 Å². The average molecular weight is 757 g/mol. The van der Waals surface area contributed by atoms with Gasteiger partial charge < -0.3 is 38.1 Å². The van der Waals surface area contributed by atoms with Crippen LogP contribution in [-0.2, 0) is 58.0 Å². The molecule has 3 aromatic carbocycles. The summed E-state index contributed by atoms with van der Waals surface area (Å²) in [5.41, 5.74) is 3.36. The number of hydrogen-bond acceptors (Lipinski definition) is 9. The lowest BCUT2D eigenvalue weighted by Crippen LogP contribution is -2.15. The molecule has 0 fully saturated rings. The Morgan fingerprint density at radius 3 is 1.51 bits per heavy atom. The van der Waals surface area contributed by atoms with Crippen LogP contribution in [0.4, 0.5) is 0 Å². The molecule has 1 N–H and O–H groups in total. The van der Waals surface area contributed by atoms with Crippen LogP contribution >= 0.6 is 0 Å². The summed E-state index contributed by atoms with van der Waals surface area (Å²) in [6.07, 6.45) is 5.13. The maximum atomic E-state index is 11.4. The van der Waals surface area contributed by atoms with Crippen molar-refractivity contribution in [3.63, 3.8) is 0 Å². The van der Waals surface area contributed by atoms with E-state index >= 15 is 0 Å². The maximum Gasteiger partial charge on any atom is 0.306 e. The van der Waals surface area contributed by atoms with Gasteiger partial charge in [0.1, 0.15) is 36.0 Å². The Labute approximate surface area is 325 Å². The minimum absolute atomic E-state index is 0.00934. The molecule has 10 nitrogen and oxygen atoms in total. The number of hydrogen-bond donors (Lipinski definition) is 1. The highest BCUT2D eigenvalue weighted by atomic mass is 16.5. The van der Waals surface area contributed by atoms with Gasteiger partial charge in [-0.05, 0) is 69.0 Å². The predicted molar refractivity (Wildman–Crippen MR) is 212 cm³/mol. The number of furan rings is 1. The van der Waals surface area contributed by atoms with Crippen LogP contribution in [0.2, 0.25) is 0 Å². The number of aryl methyl sites for hydroxylation is 1. The summed E-state index contributed by atoms with van der Waals surface area (Å²) in [6.45, 7) is 11.0. The number of ketones is 3. The first-order chi connectivity index (χ1) is 26.4. The van der Waals surface area contributed by atoms with Crippen LogP contribution in [0.3, 0.4) is 0 Å². The molecule has 0 spiro atoms. The summed E-state index contributed by atoms with van der Waals surface area (Å²) >= 11 is 0. The zero-order valence-electron chi connectivity index (χ0n) is 32.7. The Bertz CT molecular complexity index is 1660. The minimum atomic E-state index is -0.877. The van der Waals surface area contributed by atoms with Crippen LogP contribution in [0.5, 0.6) is 0 Å². The third kappa shape index (κ3) is 25.4.